The summed E-state index contributed by atoms with van der Waals surface area (Å²) in [5, 5.41) is 11.7. The fourth-order valence-corrected chi connectivity index (χ4v) is 5.51. The summed E-state index contributed by atoms with van der Waals surface area (Å²) in [6.07, 6.45) is 1.46. The van der Waals surface area contributed by atoms with Gasteiger partial charge in [-0.25, -0.2) is 9.78 Å². The number of amides is 1. The SMILES string of the molecule is C=CCOC(=O)c1sc(N2C(=O)C(=O)C(=C(O)c3cc(C)ccc3C)C2c2ccc(C(C)(C)C)cc2)nc1C. The molecule has 0 spiro atoms. The number of Topliss-reactive ketones (excluding diaryl/α,β-unsaturated/α-hetero) is 1. The summed E-state index contributed by atoms with van der Waals surface area (Å²) < 4.78 is 5.17. The van der Waals surface area contributed by atoms with E-state index < -0.39 is 23.7 Å². The van der Waals surface area contributed by atoms with Crippen LogP contribution in [0, 0.1) is 20.8 Å². The van der Waals surface area contributed by atoms with Crippen LogP contribution in [-0.2, 0) is 19.7 Å². The molecule has 2 aromatic carbocycles. The molecule has 2 heterocycles. The van der Waals surface area contributed by atoms with Gasteiger partial charge in [0, 0.05) is 5.56 Å². The summed E-state index contributed by atoms with van der Waals surface area (Å²) in [6.45, 7) is 15.2. The number of anilines is 1. The third-order valence-corrected chi connectivity index (χ3v) is 7.83. The fourth-order valence-electron chi connectivity index (χ4n) is 4.52. The Labute approximate surface area is 232 Å². The van der Waals surface area contributed by atoms with Crippen molar-refractivity contribution in [3.05, 3.63) is 99.1 Å². The summed E-state index contributed by atoms with van der Waals surface area (Å²) in [5.41, 5.74) is 4.11. The standard InChI is InChI=1S/C31H32N2O5S/c1-8-15-38-29(37)27-19(4)32-30(39-27)33-24(20-11-13-21(14-12-20)31(5,6)7)23(26(35)28(33)36)25(34)22-16-17(2)9-10-18(22)3/h8-14,16,24,34H,1,15H2,2-7H3. The molecule has 39 heavy (non-hydrogen) atoms. The number of rotatable bonds is 6. The molecule has 0 aliphatic carbocycles. The van der Waals surface area contributed by atoms with Gasteiger partial charge < -0.3 is 9.84 Å². The molecule has 0 radical (unpaired) electrons. The van der Waals surface area contributed by atoms with Gasteiger partial charge in [0.15, 0.2) is 5.13 Å². The minimum atomic E-state index is -0.943. The number of nitrogens with zero attached hydrogens (tertiary/aromatic N) is 2. The van der Waals surface area contributed by atoms with Crippen molar-refractivity contribution in [2.45, 2.75) is 53.0 Å². The molecule has 1 N–H and O–H groups in total. The van der Waals surface area contributed by atoms with E-state index in [1.807, 2.05) is 50.2 Å². The zero-order valence-corrected chi connectivity index (χ0v) is 23.8. The van der Waals surface area contributed by atoms with Crippen LogP contribution in [-0.4, -0.2) is 34.4 Å². The highest BCUT2D eigenvalue weighted by Gasteiger charge is 2.48. The number of carbonyl (C=O) groups excluding carboxylic acids is 3. The Morgan fingerprint density at radius 1 is 1.13 bits per heavy atom. The average molecular weight is 545 g/mol. The van der Waals surface area contributed by atoms with Gasteiger partial charge in [-0.2, -0.15) is 0 Å². The van der Waals surface area contributed by atoms with E-state index in [0.29, 0.717) is 16.8 Å². The lowest BCUT2D eigenvalue weighted by Crippen LogP contribution is -2.29. The zero-order valence-electron chi connectivity index (χ0n) is 23.0. The van der Waals surface area contributed by atoms with Crippen molar-refractivity contribution < 1.29 is 24.2 Å². The van der Waals surface area contributed by atoms with Crippen LogP contribution in [0.1, 0.15) is 70.0 Å². The van der Waals surface area contributed by atoms with Crippen LogP contribution in [0.4, 0.5) is 5.13 Å². The van der Waals surface area contributed by atoms with E-state index in [9.17, 15) is 19.5 Å². The number of carbonyl (C=O) groups is 3. The minimum Gasteiger partial charge on any atom is -0.507 e. The quantitative estimate of drug-likeness (QED) is 0.128. The molecule has 0 bridgehead atoms. The Morgan fingerprint density at radius 2 is 1.79 bits per heavy atom. The van der Waals surface area contributed by atoms with Gasteiger partial charge in [-0.1, -0.05) is 86.7 Å². The monoisotopic (exact) mass is 544 g/mol. The summed E-state index contributed by atoms with van der Waals surface area (Å²) in [5.74, 6) is -2.48. The van der Waals surface area contributed by atoms with Gasteiger partial charge in [0.2, 0.25) is 0 Å². The van der Waals surface area contributed by atoms with E-state index in [-0.39, 0.29) is 33.4 Å². The first kappa shape index (κ1) is 28.0. The lowest BCUT2D eigenvalue weighted by atomic mass is 9.85. The third-order valence-electron chi connectivity index (χ3n) is 6.69. The van der Waals surface area contributed by atoms with Gasteiger partial charge in [-0.05, 0) is 48.9 Å². The van der Waals surface area contributed by atoms with Crippen LogP contribution >= 0.6 is 11.3 Å². The van der Waals surface area contributed by atoms with Crippen LogP contribution in [0.2, 0.25) is 0 Å². The molecular weight excluding hydrogens is 512 g/mol. The Bertz CT molecular complexity index is 1510. The number of thiazole rings is 1. The summed E-state index contributed by atoms with van der Waals surface area (Å²) in [6, 6.07) is 12.3. The molecule has 1 unspecified atom stereocenters. The maximum absolute atomic E-state index is 13.5. The first-order chi connectivity index (χ1) is 18.3. The van der Waals surface area contributed by atoms with Crippen molar-refractivity contribution in [3.63, 3.8) is 0 Å². The molecule has 1 saturated heterocycles. The second-order valence-electron chi connectivity index (χ2n) is 10.7. The molecular formula is C31H32N2O5S. The molecule has 1 aliphatic heterocycles. The highest BCUT2D eigenvalue weighted by Crippen LogP contribution is 2.44. The molecule has 0 saturated carbocycles. The summed E-state index contributed by atoms with van der Waals surface area (Å²) in [7, 11) is 0. The lowest BCUT2D eigenvalue weighted by Gasteiger charge is -2.25. The molecule has 4 rings (SSSR count). The molecule has 202 valence electrons. The second-order valence-corrected chi connectivity index (χ2v) is 11.6. The Hall–Kier alpha value is -4.04. The Balaban J connectivity index is 1.92. The van der Waals surface area contributed by atoms with Gasteiger partial charge in [-0.3, -0.25) is 14.5 Å². The zero-order chi connectivity index (χ0) is 28.6. The van der Waals surface area contributed by atoms with Crippen molar-refractivity contribution in [2.75, 3.05) is 11.5 Å². The van der Waals surface area contributed by atoms with Crippen molar-refractivity contribution in [3.8, 4) is 0 Å². The lowest BCUT2D eigenvalue weighted by molar-refractivity contribution is -0.132. The van der Waals surface area contributed by atoms with E-state index in [0.717, 1.165) is 28.0 Å². The van der Waals surface area contributed by atoms with Crippen LogP contribution in [0.15, 0.2) is 60.7 Å². The third kappa shape index (κ3) is 5.29. The number of aromatic nitrogens is 1. The Kier molecular flexibility index (Phi) is 7.61. The van der Waals surface area contributed by atoms with Crippen molar-refractivity contribution in [1.29, 1.82) is 0 Å². The number of aryl methyl sites for hydroxylation is 3. The molecule has 1 aliphatic rings. The molecule has 1 fully saturated rings. The van der Waals surface area contributed by atoms with Crippen molar-refractivity contribution >= 4 is 39.9 Å². The number of hydrogen-bond acceptors (Lipinski definition) is 7. The highest BCUT2D eigenvalue weighted by molar-refractivity contribution is 7.17. The normalized spacial score (nSPS) is 17.0. The smallest absolute Gasteiger partial charge is 0.350 e. The molecule has 3 aromatic rings. The number of hydrogen-bond donors (Lipinski definition) is 1. The molecule has 1 atom stereocenters. The van der Waals surface area contributed by atoms with Crippen LogP contribution < -0.4 is 4.90 Å². The highest BCUT2D eigenvalue weighted by atomic mass is 32.1. The number of ether oxygens (including phenoxy) is 1. The maximum atomic E-state index is 13.5. The number of esters is 1. The maximum Gasteiger partial charge on any atom is 0.350 e. The van der Waals surface area contributed by atoms with E-state index in [4.69, 9.17) is 4.74 Å². The van der Waals surface area contributed by atoms with E-state index in [2.05, 4.69) is 32.3 Å². The molecule has 1 aromatic heterocycles. The van der Waals surface area contributed by atoms with Gasteiger partial charge in [-0.15, -0.1) is 0 Å². The first-order valence-electron chi connectivity index (χ1n) is 12.6. The first-order valence-corrected chi connectivity index (χ1v) is 13.4. The molecule has 1 amide bonds. The molecule has 7 nitrogen and oxygen atoms in total. The predicted octanol–water partition coefficient (Wildman–Crippen LogP) is 6.33. The Morgan fingerprint density at radius 3 is 2.41 bits per heavy atom. The van der Waals surface area contributed by atoms with E-state index in [1.54, 1.807) is 13.0 Å². The number of benzene rings is 2. The van der Waals surface area contributed by atoms with Crippen LogP contribution in [0.5, 0.6) is 0 Å². The summed E-state index contributed by atoms with van der Waals surface area (Å²) >= 11 is 0.971. The number of ketones is 1. The number of aliphatic hydroxyl groups is 1. The number of aliphatic hydroxyl groups excluding tert-OH is 1. The largest absolute Gasteiger partial charge is 0.507 e. The van der Waals surface area contributed by atoms with E-state index >= 15 is 0 Å². The summed E-state index contributed by atoms with van der Waals surface area (Å²) in [4.78, 5) is 45.7. The van der Waals surface area contributed by atoms with E-state index in [1.165, 1.54) is 11.0 Å². The predicted molar refractivity (Wildman–Crippen MR) is 153 cm³/mol. The van der Waals surface area contributed by atoms with Crippen LogP contribution in [0.25, 0.3) is 5.76 Å². The van der Waals surface area contributed by atoms with Gasteiger partial charge in [0.1, 0.15) is 17.2 Å². The van der Waals surface area contributed by atoms with Crippen molar-refractivity contribution in [2.24, 2.45) is 0 Å². The van der Waals surface area contributed by atoms with Crippen molar-refractivity contribution in [1.82, 2.24) is 4.98 Å². The fraction of sp³-hybridized carbons (Fsp3) is 0.290. The molecule has 8 heteroatoms. The average Bonchev–Trinajstić information content (AvgIpc) is 3.39. The second kappa shape index (κ2) is 10.6. The van der Waals surface area contributed by atoms with Gasteiger partial charge in [0.25, 0.3) is 5.78 Å². The minimum absolute atomic E-state index is 0.0270. The topological polar surface area (TPSA) is 96.8 Å². The van der Waals surface area contributed by atoms with Gasteiger partial charge in [0.05, 0.1) is 17.3 Å². The van der Waals surface area contributed by atoms with Crippen LogP contribution in [0.3, 0.4) is 0 Å². The van der Waals surface area contributed by atoms with Gasteiger partial charge >= 0.3 is 11.9 Å².